The molecule has 10 heteroatoms. The highest BCUT2D eigenvalue weighted by Gasteiger charge is 2.12. The summed E-state index contributed by atoms with van der Waals surface area (Å²) >= 11 is 5.99. The van der Waals surface area contributed by atoms with Crippen LogP contribution in [-0.2, 0) is 13.1 Å². The van der Waals surface area contributed by atoms with Gasteiger partial charge in [0.1, 0.15) is 11.5 Å². The molecule has 0 spiro atoms. The van der Waals surface area contributed by atoms with Gasteiger partial charge >= 0.3 is 11.4 Å². The van der Waals surface area contributed by atoms with Gasteiger partial charge in [0.05, 0.1) is 18.3 Å². The first-order chi connectivity index (χ1) is 17.3. The quantitative estimate of drug-likeness (QED) is 0.487. The lowest BCUT2D eigenvalue weighted by atomic mass is 10.2. The molecule has 188 valence electrons. The predicted molar refractivity (Wildman–Crippen MR) is 141 cm³/mol. The molecule has 1 atom stereocenters. The summed E-state index contributed by atoms with van der Waals surface area (Å²) in [5.41, 5.74) is 0.634. The van der Waals surface area contributed by atoms with Crippen molar-refractivity contribution >= 4 is 17.3 Å². The maximum atomic E-state index is 13.1. The standard InChI is InChI=1S/C26H29ClN6O3/c1-4-32-25(34)30-24(33(26(32)35)16-18-5-7-19(27)8-6-18)29-20-9-11-22(12-10-20)36-23-13-14-28-21(15-23)17-31(2)3/h5-15,21,28H,4,16-17H2,1-3H3,(H,29,30,34). The van der Waals surface area contributed by atoms with E-state index in [0.717, 1.165) is 22.4 Å². The molecular weight excluding hydrogens is 480 g/mol. The number of aromatic amines is 1. The van der Waals surface area contributed by atoms with Crippen molar-refractivity contribution in [2.75, 3.05) is 20.6 Å². The molecule has 1 aromatic heterocycles. The Morgan fingerprint density at radius 3 is 2.44 bits per heavy atom. The number of rotatable bonds is 8. The summed E-state index contributed by atoms with van der Waals surface area (Å²) in [4.78, 5) is 34.9. The van der Waals surface area contributed by atoms with Crippen LogP contribution < -0.4 is 27.1 Å². The van der Waals surface area contributed by atoms with Crippen LogP contribution in [0, 0.1) is 0 Å². The van der Waals surface area contributed by atoms with E-state index in [0.29, 0.717) is 16.5 Å². The van der Waals surface area contributed by atoms with Gasteiger partial charge in [-0.3, -0.25) is 9.55 Å². The molecule has 0 saturated heterocycles. The molecule has 1 aliphatic rings. The van der Waals surface area contributed by atoms with Crippen molar-refractivity contribution in [1.82, 2.24) is 24.3 Å². The van der Waals surface area contributed by atoms with Crippen LogP contribution in [0.25, 0.3) is 0 Å². The first kappa shape index (κ1) is 25.3. The highest BCUT2D eigenvalue weighted by molar-refractivity contribution is 6.30. The molecular formula is C26H29ClN6O3. The Bertz CT molecular complexity index is 1450. The molecule has 3 aromatic rings. The number of hydrogen-bond donors (Lipinski definition) is 2. The van der Waals surface area contributed by atoms with Gasteiger partial charge < -0.3 is 15.0 Å². The molecule has 0 amide bonds. The minimum Gasteiger partial charge on any atom is -0.458 e. The summed E-state index contributed by atoms with van der Waals surface area (Å²) < 4.78 is 8.57. The maximum Gasteiger partial charge on any atom is 0.335 e. The van der Waals surface area contributed by atoms with Crippen LogP contribution in [0.3, 0.4) is 0 Å². The second-order valence-electron chi connectivity index (χ2n) is 8.64. The average molecular weight is 509 g/mol. The highest BCUT2D eigenvalue weighted by Crippen LogP contribution is 2.21. The Morgan fingerprint density at radius 1 is 1.06 bits per heavy atom. The van der Waals surface area contributed by atoms with Gasteiger partial charge in [-0.05, 0) is 75.1 Å². The zero-order valence-corrected chi connectivity index (χ0v) is 21.2. The average Bonchev–Trinajstić information content (AvgIpc) is 2.84. The molecule has 0 radical (unpaired) electrons. The van der Waals surface area contributed by atoms with Crippen molar-refractivity contribution < 1.29 is 4.74 Å². The number of H-pyrrole nitrogens is 1. The third-order valence-electron chi connectivity index (χ3n) is 5.54. The number of allylic oxidation sites excluding steroid dienone is 1. The minimum absolute atomic E-state index is 0.160. The molecule has 4 rings (SSSR count). The summed E-state index contributed by atoms with van der Waals surface area (Å²) in [6.07, 6.45) is 5.78. The number of halogens is 1. The Hall–Kier alpha value is -3.82. The van der Waals surface area contributed by atoms with Gasteiger partial charge in [0.25, 0.3) is 0 Å². The fraction of sp³-hybridized carbons (Fsp3) is 0.269. The molecule has 0 saturated carbocycles. The second kappa shape index (κ2) is 11.3. The van der Waals surface area contributed by atoms with Gasteiger partial charge in [-0.2, -0.15) is 0 Å². The zero-order chi connectivity index (χ0) is 25.7. The van der Waals surface area contributed by atoms with Gasteiger partial charge in [0, 0.05) is 24.3 Å². The first-order valence-electron chi connectivity index (χ1n) is 11.6. The van der Waals surface area contributed by atoms with Gasteiger partial charge in [-0.25, -0.2) is 19.1 Å². The van der Waals surface area contributed by atoms with E-state index in [-0.39, 0.29) is 24.7 Å². The third-order valence-corrected chi connectivity index (χ3v) is 5.80. The number of hydrogen-bond acceptors (Lipinski definition) is 6. The fourth-order valence-corrected chi connectivity index (χ4v) is 3.93. The predicted octanol–water partition coefficient (Wildman–Crippen LogP) is 2.60. The lowest BCUT2D eigenvalue weighted by molar-refractivity contribution is 0.368. The Morgan fingerprint density at radius 2 is 1.78 bits per heavy atom. The minimum atomic E-state index is -0.509. The van der Waals surface area contributed by atoms with Crippen LogP contribution in [0.1, 0.15) is 12.5 Å². The summed E-state index contributed by atoms with van der Waals surface area (Å²) in [7, 11) is 4.04. The van der Waals surface area contributed by atoms with E-state index in [1.807, 2.05) is 44.6 Å². The van der Waals surface area contributed by atoms with Gasteiger partial charge in [0.2, 0.25) is 5.62 Å². The molecule has 2 heterocycles. The van der Waals surface area contributed by atoms with E-state index in [9.17, 15) is 9.59 Å². The van der Waals surface area contributed by atoms with Gasteiger partial charge in [-0.1, -0.05) is 23.7 Å². The lowest BCUT2D eigenvalue weighted by Gasteiger charge is -2.22. The van der Waals surface area contributed by atoms with E-state index in [1.54, 1.807) is 43.3 Å². The summed E-state index contributed by atoms with van der Waals surface area (Å²) in [5, 5.41) is 3.89. The van der Waals surface area contributed by atoms with E-state index in [4.69, 9.17) is 16.3 Å². The van der Waals surface area contributed by atoms with E-state index in [1.165, 1.54) is 4.57 Å². The van der Waals surface area contributed by atoms with Crippen molar-refractivity contribution in [3.8, 4) is 5.75 Å². The highest BCUT2D eigenvalue weighted by atomic mass is 35.5. The number of likely N-dealkylation sites (N-methyl/N-ethyl adjacent to an activating group) is 1. The molecule has 1 aliphatic heterocycles. The Labute approximate surface area is 213 Å². The number of nitrogens with zero attached hydrogens (tertiary/aromatic N) is 4. The van der Waals surface area contributed by atoms with Crippen LogP contribution in [-0.4, -0.2) is 45.7 Å². The number of ether oxygens (including phenoxy) is 1. The molecule has 2 aromatic carbocycles. The van der Waals surface area contributed by atoms with Crippen LogP contribution >= 0.6 is 11.6 Å². The molecule has 2 N–H and O–H groups in total. The van der Waals surface area contributed by atoms with Crippen molar-refractivity contribution in [1.29, 1.82) is 0 Å². The SMILES string of the molecule is CCn1c(=O)[nH]/c(=N\c2ccc(OC3=CC(CN(C)C)NC=C3)cc2)n(Cc2ccc(Cl)cc2)c1=O. The topological polar surface area (TPSA) is 96.6 Å². The number of dihydropyridines is 1. The smallest absolute Gasteiger partial charge is 0.335 e. The van der Waals surface area contributed by atoms with Crippen molar-refractivity contribution in [2.24, 2.45) is 4.99 Å². The van der Waals surface area contributed by atoms with E-state index < -0.39 is 11.4 Å². The monoisotopic (exact) mass is 508 g/mol. The molecule has 0 aliphatic carbocycles. The Kier molecular flexibility index (Phi) is 7.92. The lowest BCUT2D eigenvalue weighted by Crippen LogP contribution is -2.49. The van der Waals surface area contributed by atoms with E-state index in [2.05, 4.69) is 20.2 Å². The van der Waals surface area contributed by atoms with Crippen molar-refractivity contribution in [2.45, 2.75) is 26.1 Å². The summed E-state index contributed by atoms with van der Waals surface area (Å²) in [6, 6.07) is 14.5. The second-order valence-corrected chi connectivity index (χ2v) is 9.08. The van der Waals surface area contributed by atoms with Gasteiger partial charge in [-0.15, -0.1) is 0 Å². The van der Waals surface area contributed by atoms with Crippen LogP contribution in [0.5, 0.6) is 5.75 Å². The molecule has 0 fully saturated rings. The van der Waals surface area contributed by atoms with Crippen molar-refractivity contribution in [3.63, 3.8) is 0 Å². The number of aromatic nitrogens is 3. The van der Waals surface area contributed by atoms with Crippen LogP contribution in [0.2, 0.25) is 5.02 Å². The van der Waals surface area contributed by atoms with Crippen LogP contribution in [0.4, 0.5) is 5.69 Å². The van der Waals surface area contributed by atoms with Crippen molar-refractivity contribution in [3.05, 3.63) is 110 Å². The Balaban J connectivity index is 1.62. The zero-order valence-electron chi connectivity index (χ0n) is 20.4. The third kappa shape index (κ3) is 6.24. The van der Waals surface area contributed by atoms with Gasteiger partial charge in [0.15, 0.2) is 0 Å². The largest absolute Gasteiger partial charge is 0.458 e. The van der Waals surface area contributed by atoms with E-state index >= 15 is 0 Å². The molecule has 1 unspecified atom stereocenters. The summed E-state index contributed by atoms with van der Waals surface area (Å²) in [6.45, 7) is 3.07. The molecule has 36 heavy (non-hydrogen) atoms. The molecule has 0 bridgehead atoms. The fourth-order valence-electron chi connectivity index (χ4n) is 3.81. The molecule has 9 nitrogen and oxygen atoms in total. The normalized spacial score (nSPS) is 15.6. The number of nitrogens with one attached hydrogen (secondary N) is 2. The first-order valence-corrected chi connectivity index (χ1v) is 12.0. The summed E-state index contributed by atoms with van der Waals surface area (Å²) in [5.74, 6) is 1.40. The van der Waals surface area contributed by atoms with Crippen LogP contribution in [0.15, 0.2) is 87.2 Å². The number of benzene rings is 2. The maximum absolute atomic E-state index is 13.1.